The Labute approximate surface area is 50.5 Å². The highest BCUT2D eigenvalue weighted by molar-refractivity contribution is 8.20. The van der Waals surface area contributed by atoms with E-state index in [9.17, 15) is 4.21 Å². The Kier molecular flexibility index (Phi) is 4.49. The van der Waals surface area contributed by atoms with Gasteiger partial charge in [0.05, 0.1) is 0 Å². The van der Waals surface area contributed by atoms with Crippen molar-refractivity contribution in [2.75, 3.05) is 5.75 Å². The SMILES string of the molecule is CCSC(N)=S=O. The smallest absolute Gasteiger partial charge is 0.141 e. The summed E-state index contributed by atoms with van der Waals surface area (Å²) in [6.07, 6.45) is 0. The van der Waals surface area contributed by atoms with Crippen molar-refractivity contribution in [3.8, 4) is 0 Å². The average molecular weight is 137 g/mol. The van der Waals surface area contributed by atoms with Gasteiger partial charge in [-0.25, -0.2) is 4.21 Å². The van der Waals surface area contributed by atoms with Crippen molar-refractivity contribution in [2.24, 2.45) is 5.73 Å². The predicted molar refractivity (Wildman–Crippen MR) is 35.5 cm³/mol. The van der Waals surface area contributed by atoms with Gasteiger partial charge in [-0.15, -0.1) is 11.8 Å². The van der Waals surface area contributed by atoms with Crippen molar-refractivity contribution in [3.63, 3.8) is 0 Å². The van der Waals surface area contributed by atoms with Gasteiger partial charge in [-0.05, 0) is 5.75 Å². The van der Waals surface area contributed by atoms with Crippen LogP contribution in [0.15, 0.2) is 0 Å². The van der Waals surface area contributed by atoms with E-state index >= 15 is 0 Å². The molecule has 0 unspecified atom stereocenters. The van der Waals surface area contributed by atoms with Crippen LogP contribution in [0.1, 0.15) is 6.92 Å². The van der Waals surface area contributed by atoms with Crippen LogP contribution >= 0.6 is 11.8 Å². The molecule has 0 saturated heterocycles. The fourth-order valence-electron chi connectivity index (χ4n) is 0.166. The molecule has 0 atom stereocenters. The molecule has 42 valence electrons. The minimum absolute atomic E-state index is 0.357. The molecule has 0 amide bonds. The van der Waals surface area contributed by atoms with Crippen molar-refractivity contribution >= 4 is 27.3 Å². The van der Waals surface area contributed by atoms with Crippen molar-refractivity contribution in [2.45, 2.75) is 6.92 Å². The fraction of sp³-hybridized carbons (Fsp3) is 0.667. The molecule has 0 fully saturated rings. The fourth-order valence-corrected chi connectivity index (χ4v) is 0.997. The van der Waals surface area contributed by atoms with E-state index in [0.29, 0.717) is 15.6 Å². The number of rotatable bonds is 1. The predicted octanol–water partition coefficient (Wildman–Crippen LogP) is -0.00140. The highest BCUT2D eigenvalue weighted by atomic mass is 32.2. The second-order valence-electron chi connectivity index (χ2n) is 0.835. The lowest BCUT2D eigenvalue weighted by atomic mass is 11.0. The molecular weight excluding hydrogens is 130 g/mol. The zero-order valence-corrected chi connectivity index (χ0v) is 5.64. The number of thioether (sulfide) groups is 1. The van der Waals surface area contributed by atoms with Crippen LogP contribution in [0.3, 0.4) is 0 Å². The first-order chi connectivity index (χ1) is 3.31. The molecule has 0 heterocycles. The Bertz CT molecular complexity index is 97.1. The van der Waals surface area contributed by atoms with E-state index in [1.54, 1.807) is 0 Å². The molecule has 0 aromatic heterocycles. The summed E-state index contributed by atoms with van der Waals surface area (Å²) in [5, 5.41) is 0. The Balaban J connectivity index is 3.37. The molecular formula is C3H7NOS2. The van der Waals surface area contributed by atoms with Crippen LogP contribution < -0.4 is 5.73 Å². The van der Waals surface area contributed by atoms with E-state index in [1.807, 2.05) is 6.92 Å². The number of nitrogens with two attached hydrogens (primary N) is 1. The minimum Gasteiger partial charge on any atom is -0.286 e. The van der Waals surface area contributed by atoms with E-state index in [0.717, 1.165) is 5.75 Å². The van der Waals surface area contributed by atoms with Crippen LogP contribution in [-0.2, 0) is 11.3 Å². The summed E-state index contributed by atoms with van der Waals surface area (Å²) in [6.45, 7) is 1.95. The summed E-state index contributed by atoms with van der Waals surface area (Å²) < 4.78 is 10.2. The summed E-state index contributed by atoms with van der Waals surface area (Å²) in [5.74, 6) is 0.876. The van der Waals surface area contributed by atoms with Gasteiger partial charge in [0.1, 0.15) is 15.6 Å². The summed E-state index contributed by atoms with van der Waals surface area (Å²) in [7, 11) is 0. The summed E-state index contributed by atoms with van der Waals surface area (Å²) in [4.78, 5) is 0. The number of hydrogen-bond donors (Lipinski definition) is 1. The topological polar surface area (TPSA) is 43.1 Å². The lowest BCUT2D eigenvalue weighted by Gasteiger charge is -1.84. The molecule has 0 spiro atoms. The molecule has 0 aromatic rings. The zero-order chi connectivity index (χ0) is 5.70. The highest BCUT2D eigenvalue weighted by Crippen LogP contribution is 1.93. The normalized spacial score (nSPS) is 8.29. The van der Waals surface area contributed by atoms with Crippen LogP contribution in [0, 0.1) is 0 Å². The second kappa shape index (κ2) is 4.36. The van der Waals surface area contributed by atoms with Crippen LogP contribution in [0.25, 0.3) is 0 Å². The van der Waals surface area contributed by atoms with E-state index in [1.165, 1.54) is 11.8 Å². The van der Waals surface area contributed by atoms with Gasteiger partial charge in [-0.3, -0.25) is 5.73 Å². The van der Waals surface area contributed by atoms with Gasteiger partial charge in [0.15, 0.2) is 0 Å². The summed E-state index contributed by atoms with van der Waals surface area (Å²) in [5.41, 5.74) is 5.11. The van der Waals surface area contributed by atoms with Gasteiger partial charge in [-0.2, -0.15) is 0 Å². The maximum absolute atomic E-state index is 9.75. The molecule has 0 saturated carbocycles. The monoisotopic (exact) mass is 137 g/mol. The average Bonchev–Trinajstić information content (AvgIpc) is 1.68. The van der Waals surface area contributed by atoms with Gasteiger partial charge in [0.25, 0.3) is 0 Å². The Hall–Kier alpha value is 0.200. The third kappa shape index (κ3) is 4.04. The van der Waals surface area contributed by atoms with Gasteiger partial charge >= 0.3 is 0 Å². The molecule has 0 radical (unpaired) electrons. The van der Waals surface area contributed by atoms with Crippen LogP contribution in [-0.4, -0.2) is 14.3 Å². The molecule has 0 aromatic carbocycles. The highest BCUT2D eigenvalue weighted by Gasteiger charge is 1.83. The standard InChI is InChI=1S/C3H7NOS2/c1-2-6-3(4)7-5/h2,4H2,1H3. The van der Waals surface area contributed by atoms with Crippen LogP contribution in [0.2, 0.25) is 0 Å². The Morgan fingerprint density at radius 3 is 2.57 bits per heavy atom. The lowest BCUT2D eigenvalue weighted by molar-refractivity contribution is 0.701. The Morgan fingerprint density at radius 1 is 1.86 bits per heavy atom. The van der Waals surface area contributed by atoms with E-state index in [-0.39, 0.29) is 0 Å². The molecule has 0 aliphatic heterocycles. The lowest BCUT2D eigenvalue weighted by Crippen LogP contribution is -2.04. The molecule has 0 rings (SSSR count). The third-order valence-corrected chi connectivity index (χ3v) is 1.66. The molecule has 2 nitrogen and oxygen atoms in total. The molecule has 4 heteroatoms. The van der Waals surface area contributed by atoms with Crippen LogP contribution in [0.4, 0.5) is 0 Å². The van der Waals surface area contributed by atoms with Crippen molar-refractivity contribution in [1.82, 2.24) is 0 Å². The maximum atomic E-state index is 9.75. The van der Waals surface area contributed by atoms with E-state index in [4.69, 9.17) is 5.73 Å². The van der Waals surface area contributed by atoms with E-state index < -0.39 is 0 Å². The van der Waals surface area contributed by atoms with Crippen molar-refractivity contribution in [1.29, 1.82) is 0 Å². The summed E-state index contributed by atoms with van der Waals surface area (Å²) in [6, 6.07) is 0. The molecule has 0 bridgehead atoms. The first-order valence-electron chi connectivity index (χ1n) is 1.86. The summed E-state index contributed by atoms with van der Waals surface area (Å²) >= 11 is 1.73. The van der Waals surface area contributed by atoms with Crippen molar-refractivity contribution in [3.05, 3.63) is 0 Å². The maximum Gasteiger partial charge on any atom is 0.141 e. The Morgan fingerprint density at radius 2 is 2.43 bits per heavy atom. The third-order valence-electron chi connectivity index (χ3n) is 0.369. The van der Waals surface area contributed by atoms with Gasteiger partial charge in [-0.1, -0.05) is 6.92 Å². The van der Waals surface area contributed by atoms with Crippen LogP contribution in [0.5, 0.6) is 0 Å². The first kappa shape index (κ1) is 7.20. The van der Waals surface area contributed by atoms with Crippen molar-refractivity contribution < 1.29 is 4.21 Å². The second-order valence-corrected chi connectivity index (χ2v) is 3.01. The van der Waals surface area contributed by atoms with Gasteiger partial charge in [0.2, 0.25) is 0 Å². The largest absolute Gasteiger partial charge is 0.286 e. The molecule has 2 N–H and O–H groups in total. The zero-order valence-electron chi connectivity index (χ0n) is 4.01. The number of hydrogen-bond acceptors (Lipinski definition) is 2. The molecule has 0 aliphatic rings. The minimum atomic E-state index is 0.357. The van der Waals surface area contributed by atoms with E-state index in [2.05, 4.69) is 0 Å². The van der Waals surface area contributed by atoms with Gasteiger partial charge in [0, 0.05) is 0 Å². The quantitative estimate of drug-likeness (QED) is 0.517. The van der Waals surface area contributed by atoms with Gasteiger partial charge < -0.3 is 0 Å². The first-order valence-corrected chi connectivity index (χ1v) is 3.59. The molecule has 0 aliphatic carbocycles. The molecule has 7 heavy (non-hydrogen) atoms.